The van der Waals surface area contributed by atoms with Crippen LogP contribution in [0.25, 0.3) is 10.9 Å². The van der Waals surface area contributed by atoms with E-state index in [2.05, 4.69) is 53.5 Å². The third-order valence-electron chi connectivity index (χ3n) is 6.26. The van der Waals surface area contributed by atoms with Crippen LogP contribution < -0.4 is 4.74 Å². The van der Waals surface area contributed by atoms with E-state index in [1.165, 1.54) is 16.5 Å². The van der Waals surface area contributed by atoms with Gasteiger partial charge in [-0.2, -0.15) is 0 Å². The van der Waals surface area contributed by atoms with Crippen LogP contribution in [0.2, 0.25) is 0 Å². The van der Waals surface area contributed by atoms with Gasteiger partial charge in [0.25, 0.3) is 0 Å². The van der Waals surface area contributed by atoms with Gasteiger partial charge in [-0.3, -0.25) is 4.79 Å². The summed E-state index contributed by atoms with van der Waals surface area (Å²) in [6.07, 6.45) is 2.13. The summed E-state index contributed by atoms with van der Waals surface area (Å²) in [6, 6.07) is 26.6. The van der Waals surface area contributed by atoms with Crippen LogP contribution in [-0.2, 0) is 17.6 Å². The van der Waals surface area contributed by atoms with Gasteiger partial charge >= 0.3 is 0 Å². The van der Waals surface area contributed by atoms with Gasteiger partial charge in [0.2, 0.25) is 5.91 Å². The molecule has 1 N–H and O–H groups in total. The molecule has 0 saturated heterocycles. The lowest BCUT2D eigenvalue weighted by Crippen LogP contribution is -2.40. The summed E-state index contributed by atoms with van der Waals surface area (Å²) >= 11 is 0. The zero-order chi connectivity index (χ0) is 21.2. The van der Waals surface area contributed by atoms with Crippen LogP contribution in [0.4, 0.5) is 0 Å². The summed E-state index contributed by atoms with van der Waals surface area (Å²) in [5.74, 6) is 1.01. The number of methoxy groups -OCH3 is 1. The van der Waals surface area contributed by atoms with Crippen LogP contribution in [0.5, 0.6) is 5.75 Å². The second kappa shape index (κ2) is 8.31. The predicted octanol–water partition coefficient (Wildman–Crippen LogP) is 5.28. The van der Waals surface area contributed by atoms with E-state index in [1.54, 1.807) is 7.11 Å². The number of nitrogens with one attached hydrogen (secondary N) is 1. The molecule has 1 atom stereocenters. The highest BCUT2D eigenvalue weighted by atomic mass is 16.5. The van der Waals surface area contributed by atoms with Crippen molar-refractivity contribution in [2.24, 2.45) is 0 Å². The van der Waals surface area contributed by atoms with Crippen LogP contribution in [0.15, 0.2) is 78.9 Å². The van der Waals surface area contributed by atoms with E-state index >= 15 is 0 Å². The number of carbonyl (C=O) groups is 1. The number of benzene rings is 3. The number of hydrogen-bond acceptors (Lipinski definition) is 2. The number of carbonyl (C=O) groups excluding carboxylic acids is 1. The van der Waals surface area contributed by atoms with Crippen molar-refractivity contribution in [3.05, 3.63) is 101 Å². The monoisotopic (exact) mass is 410 g/mol. The quantitative estimate of drug-likeness (QED) is 0.486. The summed E-state index contributed by atoms with van der Waals surface area (Å²) in [4.78, 5) is 19.1. The second-order valence-corrected chi connectivity index (χ2v) is 8.06. The van der Waals surface area contributed by atoms with Gasteiger partial charge in [-0.15, -0.1) is 0 Å². The molecule has 1 amide bonds. The number of nitrogens with zero attached hydrogens (tertiary/aromatic N) is 1. The molecule has 0 unspecified atom stereocenters. The molecule has 1 aliphatic rings. The number of para-hydroxylation sites is 1. The second-order valence-electron chi connectivity index (χ2n) is 8.06. The molecule has 4 heteroatoms. The van der Waals surface area contributed by atoms with E-state index in [1.807, 2.05) is 35.2 Å². The molecule has 0 aliphatic carbocycles. The molecule has 1 aliphatic heterocycles. The van der Waals surface area contributed by atoms with Crippen LogP contribution >= 0.6 is 0 Å². The molecule has 2 heterocycles. The Bertz CT molecular complexity index is 1200. The maximum Gasteiger partial charge on any atom is 0.223 e. The lowest BCUT2D eigenvalue weighted by atomic mass is 9.91. The van der Waals surface area contributed by atoms with Gasteiger partial charge in [-0.05, 0) is 47.7 Å². The van der Waals surface area contributed by atoms with Crippen molar-refractivity contribution in [1.29, 1.82) is 0 Å². The number of ether oxygens (including phenoxy) is 1. The largest absolute Gasteiger partial charge is 0.497 e. The topological polar surface area (TPSA) is 45.3 Å². The summed E-state index contributed by atoms with van der Waals surface area (Å²) < 4.78 is 5.35. The van der Waals surface area contributed by atoms with Gasteiger partial charge in [-0.1, -0.05) is 60.7 Å². The highest BCUT2D eigenvalue weighted by Gasteiger charge is 2.34. The van der Waals surface area contributed by atoms with Gasteiger partial charge in [0, 0.05) is 29.6 Å². The fourth-order valence-corrected chi connectivity index (χ4v) is 4.68. The molecule has 0 spiro atoms. The first-order chi connectivity index (χ1) is 15.2. The number of rotatable bonds is 5. The number of aryl methyl sites for hydroxylation is 1. The SMILES string of the molecule is COc1ccc([C@@H]2c3[nH]c4ccccc4c3CCN2C(=O)CCc2ccccc2)cc1. The Morgan fingerprint density at radius 3 is 2.52 bits per heavy atom. The predicted molar refractivity (Wildman–Crippen MR) is 123 cm³/mol. The Kier molecular flexibility index (Phi) is 5.21. The number of aromatic amines is 1. The minimum absolute atomic E-state index is 0.120. The third kappa shape index (κ3) is 3.70. The van der Waals surface area contributed by atoms with E-state index in [0.717, 1.165) is 41.9 Å². The molecule has 0 fully saturated rings. The normalized spacial score (nSPS) is 15.6. The average molecular weight is 411 g/mol. The third-order valence-corrected chi connectivity index (χ3v) is 6.26. The average Bonchev–Trinajstić information content (AvgIpc) is 3.21. The molecule has 31 heavy (non-hydrogen) atoms. The van der Waals surface area contributed by atoms with E-state index in [-0.39, 0.29) is 11.9 Å². The molecule has 5 rings (SSSR count). The van der Waals surface area contributed by atoms with Crippen molar-refractivity contribution >= 4 is 16.8 Å². The Morgan fingerprint density at radius 1 is 1.00 bits per heavy atom. The van der Waals surface area contributed by atoms with Crippen LogP contribution in [0.3, 0.4) is 0 Å². The molecule has 4 nitrogen and oxygen atoms in total. The number of aromatic nitrogens is 1. The van der Waals surface area contributed by atoms with E-state index in [9.17, 15) is 4.79 Å². The standard InChI is InChI=1S/C27H26N2O2/c1-31-21-14-12-20(13-15-21)27-26-23(22-9-5-6-10-24(22)28-26)17-18-29(27)25(30)16-11-19-7-3-2-4-8-19/h2-10,12-15,27-28H,11,16-18H2,1H3/t27-/m1/s1. The van der Waals surface area contributed by atoms with Gasteiger partial charge in [-0.25, -0.2) is 0 Å². The molecule has 3 aromatic carbocycles. The fourth-order valence-electron chi connectivity index (χ4n) is 4.68. The molecular formula is C27H26N2O2. The highest BCUT2D eigenvalue weighted by molar-refractivity contribution is 5.86. The summed E-state index contributed by atoms with van der Waals surface area (Å²) in [6.45, 7) is 0.721. The van der Waals surface area contributed by atoms with Gasteiger partial charge in [0.1, 0.15) is 5.75 Å². The smallest absolute Gasteiger partial charge is 0.223 e. The van der Waals surface area contributed by atoms with E-state index in [4.69, 9.17) is 4.74 Å². The molecule has 0 bridgehead atoms. The lowest BCUT2D eigenvalue weighted by Gasteiger charge is -2.36. The van der Waals surface area contributed by atoms with E-state index < -0.39 is 0 Å². The van der Waals surface area contributed by atoms with Crippen molar-refractivity contribution in [2.45, 2.75) is 25.3 Å². The van der Waals surface area contributed by atoms with Crippen molar-refractivity contribution < 1.29 is 9.53 Å². The van der Waals surface area contributed by atoms with Crippen molar-refractivity contribution in [3.63, 3.8) is 0 Å². The Labute approximate surface area is 182 Å². The van der Waals surface area contributed by atoms with Gasteiger partial charge in [0.15, 0.2) is 0 Å². The first kappa shape index (κ1) is 19.4. The molecule has 4 aromatic rings. The van der Waals surface area contributed by atoms with Gasteiger partial charge < -0.3 is 14.6 Å². The summed E-state index contributed by atoms with van der Waals surface area (Å²) in [5, 5.41) is 1.26. The zero-order valence-corrected chi connectivity index (χ0v) is 17.7. The molecule has 0 radical (unpaired) electrons. The Balaban J connectivity index is 1.51. The van der Waals surface area contributed by atoms with Crippen molar-refractivity contribution in [2.75, 3.05) is 13.7 Å². The number of hydrogen-bond donors (Lipinski definition) is 1. The Hall–Kier alpha value is -3.53. The first-order valence-electron chi connectivity index (χ1n) is 10.8. The van der Waals surface area contributed by atoms with Crippen molar-refractivity contribution in [3.8, 4) is 5.75 Å². The van der Waals surface area contributed by atoms with Crippen LogP contribution in [0.1, 0.15) is 34.8 Å². The summed E-state index contributed by atoms with van der Waals surface area (Å²) in [5.41, 5.74) is 5.88. The maximum absolute atomic E-state index is 13.4. The highest BCUT2D eigenvalue weighted by Crippen LogP contribution is 2.39. The number of amides is 1. The zero-order valence-electron chi connectivity index (χ0n) is 17.7. The molecule has 1 aromatic heterocycles. The van der Waals surface area contributed by atoms with Crippen molar-refractivity contribution in [1.82, 2.24) is 9.88 Å². The van der Waals surface area contributed by atoms with E-state index in [0.29, 0.717) is 6.42 Å². The molecular weight excluding hydrogens is 384 g/mol. The number of fused-ring (bicyclic) bond motifs is 3. The van der Waals surface area contributed by atoms with Crippen LogP contribution in [0, 0.1) is 0 Å². The minimum atomic E-state index is -0.120. The minimum Gasteiger partial charge on any atom is -0.497 e. The van der Waals surface area contributed by atoms with Gasteiger partial charge in [0.05, 0.1) is 13.2 Å². The fraction of sp³-hybridized carbons (Fsp3) is 0.222. The summed E-state index contributed by atoms with van der Waals surface area (Å²) in [7, 11) is 1.67. The number of H-pyrrole nitrogens is 1. The lowest BCUT2D eigenvalue weighted by molar-refractivity contribution is -0.133. The molecule has 0 saturated carbocycles. The maximum atomic E-state index is 13.4. The molecule has 156 valence electrons. The first-order valence-corrected chi connectivity index (χ1v) is 10.8. The van der Waals surface area contributed by atoms with Crippen LogP contribution in [-0.4, -0.2) is 29.4 Å². The Morgan fingerprint density at radius 2 is 1.74 bits per heavy atom.